The molecule has 0 bridgehead atoms. The molecule has 6 nitrogen and oxygen atoms in total. The second-order valence-corrected chi connectivity index (χ2v) is 7.13. The molecule has 1 heterocycles. The van der Waals surface area contributed by atoms with Crippen molar-refractivity contribution in [3.05, 3.63) is 41.7 Å². The summed E-state index contributed by atoms with van der Waals surface area (Å²) in [5.41, 5.74) is 7.09. The quantitative estimate of drug-likeness (QED) is 0.361. The molecule has 0 saturated carbocycles. The van der Waals surface area contributed by atoms with Crippen molar-refractivity contribution < 1.29 is 9.32 Å². The van der Waals surface area contributed by atoms with E-state index in [-0.39, 0.29) is 5.91 Å². The Kier molecular flexibility index (Phi) is 8.26. The summed E-state index contributed by atoms with van der Waals surface area (Å²) in [5, 5.41) is 7.54. The molecule has 0 radical (unpaired) electrons. The summed E-state index contributed by atoms with van der Waals surface area (Å²) in [6.07, 6.45) is 4.87. The molecule has 0 fully saturated rings. The van der Waals surface area contributed by atoms with Crippen LogP contribution in [0.3, 0.4) is 0 Å². The molecule has 146 valence electrons. The Bertz CT molecular complexity index is 746. The van der Waals surface area contributed by atoms with E-state index in [1.807, 2.05) is 30.3 Å². The second kappa shape index (κ2) is 10.7. The van der Waals surface area contributed by atoms with Gasteiger partial charge in [0.1, 0.15) is 17.0 Å². The summed E-state index contributed by atoms with van der Waals surface area (Å²) < 4.78 is 5.22. The molecule has 1 aromatic heterocycles. The molecule has 0 saturated heterocycles. The monoisotopic (exact) mass is 388 g/mol. The molecule has 27 heavy (non-hydrogen) atoms. The number of aromatic nitrogens is 1. The lowest BCUT2D eigenvalue weighted by Gasteiger charge is -2.15. The van der Waals surface area contributed by atoms with Gasteiger partial charge in [0.2, 0.25) is 0 Å². The van der Waals surface area contributed by atoms with E-state index in [9.17, 15) is 4.79 Å². The topological polar surface area (TPSA) is 79.2 Å². The molecule has 0 aliphatic heterocycles. The molecule has 1 aromatic carbocycles. The van der Waals surface area contributed by atoms with E-state index in [0.29, 0.717) is 28.0 Å². The highest BCUT2D eigenvalue weighted by Crippen LogP contribution is 2.24. The number of carbonyl (C=O) groups is 1. The van der Waals surface area contributed by atoms with Crippen LogP contribution in [-0.4, -0.2) is 22.7 Å². The number of unbranched alkanes of at least 4 members (excludes halogenated alkanes) is 2. The van der Waals surface area contributed by atoms with E-state index in [1.54, 1.807) is 6.92 Å². The van der Waals surface area contributed by atoms with Gasteiger partial charge >= 0.3 is 0 Å². The molecular weight excluding hydrogens is 360 g/mol. The highest BCUT2D eigenvalue weighted by atomic mass is 32.1. The lowest BCUT2D eigenvalue weighted by Crippen LogP contribution is -2.47. The maximum absolute atomic E-state index is 12.6. The number of aryl methyl sites for hydroxylation is 1. The first kappa shape index (κ1) is 20.9. The van der Waals surface area contributed by atoms with Crippen LogP contribution in [0.1, 0.15) is 55.6 Å². The molecule has 2 rings (SSSR count). The van der Waals surface area contributed by atoms with Crippen LogP contribution < -0.4 is 16.2 Å². The van der Waals surface area contributed by atoms with Gasteiger partial charge in [0.25, 0.3) is 5.91 Å². The zero-order valence-corrected chi connectivity index (χ0v) is 17.0. The van der Waals surface area contributed by atoms with Crippen molar-refractivity contribution in [2.45, 2.75) is 46.5 Å². The van der Waals surface area contributed by atoms with Gasteiger partial charge in [-0.2, -0.15) is 0 Å². The van der Waals surface area contributed by atoms with E-state index in [0.717, 1.165) is 18.5 Å². The van der Waals surface area contributed by atoms with Crippen LogP contribution in [0.5, 0.6) is 0 Å². The van der Waals surface area contributed by atoms with E-state index < -0.39 is 0 Å². The molecule has 1 amide bonds. The molecule has 2 aromatic rings. The van der Waals surface area contributed by atoms with Crippen LogP contribution in [0.2, 0.25) is 0 Å². The Balaban J connectivity index is 1.86. The van der Waals surface area contributed by atoms with Gasteiger partial charge in [0, 0.05) is 12.1 Å². The molecule has 0 spiro atoms. The van der Waals surface area contributed by atoms with Gasteiger partial charge in [-0.05, 0) is 31.5 Å². The molecule has 3 N–H and O–H groups in total. The van der Waals surface area contributed by atoms with Crippen LogP contribution in [0, 0.1) is 12.8 Å². The Morgan fingerprint density at radius 3 is 2.67 bits per heavy atom. The van der Waals surface area contributed by atoms with Crippen molar-refractivity contribution >= 4 is 23.2 Å². The van der Waals surface area contributed by atoms with Crippen molar-refractivity contribution in [1.82, 2.24) is 21.3 Å². The number of amides is 1. The van der Waals surface area contributed by atoms with Crippen LogP contribution in [0.15, 0.2) is 34.9 Å². The molecule has 7 heteroatoms. The van der Waals surface area contributed by atoms with Gasteiger partial charge in [-0.3, -0.25) is 15.6 Å². The van der Waals surface area contributed by atoms with Crippen LogP contribution >= 0.6 is 12.2 Å². The summed E-state index contributed by atoms with van der Waals surface area (Å²) in [6.45, 7) is 6.87. The minimum Gasteiger partial charge on any atom is -0.361 e. The van der Waals surface area contributed by atoms with Gasteiger partial charge in [-0.25, -0.2) is 0 Å². The van der Waals surface area contributed by atoms with Gasteiger partial charge in [-0.1, -0.05) is 68.6 Å². The molecule has 0 unspecified atom stereocenters. The Morgan fingerprint density at radius 2 is 1.96 bits per heavy atom. The standard InChI is InChI=1S/C20H28N4O2S/c1-4-5-7-10-14(2)13-21-20(27)23-22-19(25)17-15(3)26-24-18(17)16-11-8-6-9-12-16/h6,8-9,11-12,14H,4-5,7,10,13H2,1-3H3,(H,22,25)(H2,21,23,27)/t14-/m0/s1. The SMILES string of the molecule is CCCCC[C@H](C)CNC(=S)NNC(=O)c1c(-c2ccccc2)noc1C. The summed E-state index contributed by atoms with van der Waals surface area (Å²) in [5.74, 6) is 0.640. The van der Waals surface area contributed by atoms with Crippen molar-refractivity contribution in [1.29, 1.82) is 0 Å². The average molecular weight is 389 g/mol. The summed E-state index contributed by atoms with van der Waals surface area (Å²) in [7, 11) is 0. The van der Waals surface area contributed by atoms with Crippen molar-refractivity contribution in [2.75, 3.05) is 6.54 Å². The number of hydrogen-bond donors (Lipinski definition) is 3. The summed E-state index contributed by atoms with van der Waals surface area (Å²) in [6, 6.07) is 9.45. The zero-order chi connectivity index (χ0) is 19.6. The lowest BCUT2D eigenvalue weighted by atomic mass is 10.0. The Hall–Kier alpha value is -2.41. The number of hydrazine groups is 1. The van der Waals surface area contributed by atoms with Crippen LogP contribution in [-0.2, 0) is 0 Å². The Labute approximate surface area is 166 Å². The number of rotatable bonds is 8. The third-order valence-corrected chi connectivity index (χ3v) is 4.58. The normalized spacial score (nSPS) is 11.7. The maximum Gasteiger partial charge on any atom is 0.275 e. The summed E-state index contributed by atoms with van der Waals surface area (Å²) in [4.78, 5) is 12.6. The fourth-order valence-corrected chi connectivity index (χ4v) is 2.90. The number of benzene rings is 1. The van der Waals surface area contributed by atoms with E-state index >= 15 is 0 Å². The number of carbonyl (C=O) groups excluding carboxylic acids is 1. The van der Waals surface area contributed by atoms with Crippen molar-refractivity contribution in [3.63, 3.8) is 0 Å². The highest BCUT2D eigenvalue weighted by molar-refractivity contribution is 7.80. The summed E-state index contributed by atoms with van der Waals surface area (Å²) >= 11 is 5.24. The maximum atomic E-state index is 12.6. The first-order chi connectivity index (χ1) is 13.0. The second-order valence-electron chi connectivity index (χ2n) is 6.72. The third-order valence-electron chi connectivity index (χ3n) is 4.34. The predicted molar refractivity (Wildman–Crippen MR) is 111 cm³/mol. The Morgan fingerprint density at radius 1 is 1.22 bits per heavy atom. The zero-order valence-electron chi connectivity index (χ0n) is 16.2. The first-order valence-electron chi connectivity index (χ1n) is 9.38. The first-order valence-corrected chi connectivity index (χ1v) is 9.79. The van der Waals surface area contributed by atoms with Crippen molar-refractivity contribution in [3.8, 4) is 11.3 Å². The fourth-order valence-electron chi connectivity index (χ4n) is 2.76. The number of thiocarbonyl (C=S) groups is 1. The largest absolute Gasteiger partial charge is 0.361 e. The average Bonchev–Trinajstić information content (AvgIpc) is 3.07. The van der Waals surface area contributed by atoms with Crippen LogP contribution in [0.25, 0.3) is 11.3 Å². The fraction of sp³-hybridized carbons (Fsp3) is 0.450. The number of nitrogens with one attached hydrogen (secondary N) is 3. The smallest absolute Gasteiger partial charge is 0.275 e. The van der Waals surface area contributed by atoms with Gasteiger partial charge < -0.3 is 9.84 Å². The highest BCUT2D eigenvalue weighted by Gasteiger charge is 2.21. The minimum atomic E-state index is -0.340. The van der Waals surface area contributed by atoms with E-state index in [1.165, 1.54) is 19.3 Å². The number of hydrogen-bond acceptors (Lipinski definition) is 4. The van der Waals surface area contributed by atoms with Crippen molar-refractivity contribution in [2.24, 2.45) is 5.92 Å². The third kappa shape index (κ3) is 6.36. The molecule has 0 aliphatic carbocycles. The van der Waals surface area contributed by atoms with E-state index in [2.05, 4.69) is 35.2 Å². The van der Waals surface area contributed by atoms with Gasteiger partial charge in [0.15, 0.2) is 5.11 Å². The molecule has 0 aliphatic rings. The molecule has 1 atom stereocenters. The lowest BCUT2D eigenvalue weighted by molar-refractivity contribution is 0.0942. The van der Waals surface area contributed by atoms with Gasteiger partial charge in [-0.15, -0.1) is 0 Å². The van der Waals surface area contributed by atoms with Crippen LogP contribution in [0.4, 0.5) is 0 Å². The minimum absolute atomic E-state index is 0.340. The predicted octanol–water partition coefficient (Wildman–Crippen LogP) is 3.98. The number of nitrogens with zero attached hydrogens (tertiary/aromatic N) is 1. The van der Waals surface area contributed by atoms with E-state index in [4.69, 9.17) is 16.7 Å². The molecular formula is C20H28N4O2S. The van der Waals surface area contributed by atoms with Gasteiger partial charge in [0.05, 0.1) is 0 Å².